The highest BCUT2D eigenvalue weighted by molar-refractivity contribution is 6.30. The van der Waals surface area contributed by atoms with E-state index in [2.05, 4.69) is 10.6 Å². The van der Waals surface area contributed by atoms with E-state index in [0.717, 1.165) is 5.56 Å². The second-order valence-corrected chi connectivity index (χ2v) is 7.44. The monoisotopic (exact) mass is 372 g/mol. The molecule has 1 unspecified atom stereocenters. The van der Waals surface area contributed by atoms with Gasteiger partial charge in [0.1, 0.15) is 0 Å². The first-order valence-electron chi connectivity index (χ1n) is 8.43. The van der Waals surface area contributed by atoms with Gasteiger partial charge in [-0.15, -0.1) is 0 Å². The summed E-state index contributed by atoms with van der Waals surface area (Å²) in [6.07, 6.45) is -0.639. The molecule has 1 aliphatic heterocycles. The van der Waals surface area contributed by atoms with E-state index in [1.54, 1.807) is 25.1 Å². The second kappa shape index (κ2) is 7.00. The maximum Gasteiger partial charge on any atom is 0.265 e. The molecule has 5 nitrogen and oxygen atoms in total. The summed E-state index contributed by atoms with van der Waals surface area (Å²) in [5.74, 6) is -0.0740. The fourth-order valence-electron chi connectivity index (χ4n) is 2.81. The standard InChI is InChI=1S/C20H21ClN2O3/c1-12-18(24)23-16-9-5-8-15(17(16)26-12)19(25)22-11-20(2,3)13-6-4-7-14(21)10-13/h4-10,12H,11H2,1-3H3,(H,22,25)(H,23,24). The van der Waals surface area contributed by atoms with Gasteiger partial charge in [-0.3, -0.25) is 9.59 Å². The highest BCUT2D eigenvalue weighted by Gasteiger charge is 2.28. The van der Waals surface area contributed by atoms with Crippen molar-refractivity contribution in [1.29, 1.82) is 0 Å². The number of carbonyl (C=O) groups excluding carboxylic acids is 2. The van der Waals surface area contributed by atoms with E-state index >= 15 is 0 Å². The van der Waals surface area contributed by atoms with Gasteiger partial charge in [0.25, 0.3) is 11.8 Å². The predicted octanol–water partition coefficient (Wildman–Crippen LogP) is 3.77. The third kappa shape index (κ3) is 3.68. The maximum absolute atomic E-state index is 12.7. The summed E-state index contributed by atoms with van der Waals surface area (Å²) in [5.41, 5.74) is 1.65. The van der Waals surface area contributed by atoms with Crippen molar-refractivity contribution in [3.8, 4) is 5.75 Å². The van der Waals surface area contributed by atoms with Gasteiger partial charge < -0.3 is 15.4 Å². The van der Waals surface area contributed by atoms with Gasteiger partial charge in [0.2, 0.25) is 0 Å². The Kier molecular flexibility index (Phi) is 4.92. The highest BCUT2D eigenvalue weighted by atomic mass is 35.5. The minimum Gasteiger partial charge on any atom is -0.478 e. The Morgan fingerprint density at radius 3 is 2.73 bits per heavy atom. The Morgan fingerprint density at radius 1 is 1.27 bits per heavy atom. The number of carbonyl (C=O) groups is 2. The molecule has 2 aromatic rings. The number of rotatable bonds is 4. The van der Waals surface area contributed by atoms with Gasteiger partial charge in [-0.2, -0.15) is 0 Å². The van der Waals surface area contributed by atoms with E-state index in [0.29, 0.717) is 28.6 Å². The maximum atomic E-state index is 12.7. The van der Waals surface area contributed by atoms with Crippen LogP contribution in [0, 0.1) is 0 Å². The molecule has 0 aliphatic carbocycles. The molecule has 6 heteroatoms. The fraction of sp³-hybridized carbons (Fsp3) is 0.300. The largest absolute Gasteiger partial charge is 0.478 e. The van der Waals surface area contributed by atoms with Gasteiger partial charge >= 0.3 is 0 Å². The zero-order chi connectivity index (χ0) is 18.9. The van der Waals surface area contributed by atoms with Gasteiger partial charge in [-0.05, 0) is 36.8 Å². The summed E-state index contributed by atoms with van der Waals surface area (Å²) >= 11 is 6.08. The van der Waals surface area contributed by atoms with Crippen molar-refractivity contribution in [2.75, 3.05) is 11.9 Å². The van der Waals surface area contributed by atoms with E-state index in [-0.39, 0.29) is 17.2 Å². The number of halogens is 1. The lowest BCUT2D eigenvalue weighted by atomic mass is 9.84. The Bertz CT molecular complexity index is 864. The van der Waals surface area contributed by atoms with Crippen LogP contribution in [0.15, 0.2) is 42.5 Å². The lowest BCUT2D eigenvalue weighted by Crippen LogP contribution is -2.38. The normalized spacial score (nSPS) is 16.3. The Balaban J connectivity index is 1.77. The summed E-state index contributed by atoms with van der Waals surface area (Å²) in [4.78, 5) is 24.5. The van der Waals surface area contributed by atoms with E-state index < -0.39 is 6.10 Å². The van der Waals surface area contributed by atoms with Gasteiger partial charge in [-0.25, -0.2) is 0 Å². The fourth-order valence-corrected chi connectivity index (χ4v) is 3.00. The number of nitrogens with one attached hydrogen (secondary N) is 2. The zero-order valence-electron chi connectivity index (χ0n) is 14.9. The van der Waals surface area contributed by atoms with Gasteiger partial charge in [0.05, 0.1) is 11.3 Å². The van der Waals surface area contributed by atoms with E-state index in [4.69, 9.17) is 16.3 Å². The van der Waals surface area contributed by atoms with Crippen LogP contribution in [0.1, 0.15) is 36.7 Å². The third-order valence-electron chi connectivity index (χ3n) is 4.48. The van der Waals surface area contributed by atoms with E-state index in [1.807, 2.05) is 38.1 Å². The van der Waals surface area contributed by atoms with Gasteiger partial charge in [0, 0.05) is 17.0 Å². The molecule has 2 N–H and O–H groups in total. The molecule has 1 heterocycles. The van der Waals surface area contributed by atoms with Crippen LogP contribution in [0.25, 0.3) is 0 Å². The molecule has 26 heavy (non-hydrogen) atoms. The number of amides is 2. The van der Waals surface area contributed by atoms with Crippen molar-refractivity contribution in [1.82, 2.24) is 5.32 Å². The van der Waals surface area contributed by atoms with Crippen LogP contribution in [0.4, 0.5) is 5.69 Å². The lowest BCUT2D eigenvalue weighted by Gasteiger charge is -2.27. The number of para-hydroxylation sites is 1. The highest BCUT2D eigenvalue weighted by Crippen LogP contribution is 2.33. The first-order valence-corrected chi connectivity index (χ1v) is 8.80. The van der Waals surface area contributed by atoms with Crippen molar-refractivity contribution < 1.29 is 14.3 Å². The molecule has 0 fully saturated rings. The van der Waals surface area contributed by atoms with Crippen LogP contribution in [0.2, 0.25) is 5.02 Å². The summed E-state index contributed by atoms with van der Waals surface area (Å²) in [6.45, 7) is 6.16. The summed E-state index contributed by atoms with van der Waals surface area (Å²) in [5, 5.41) is 6.37. The SMILES string of the molecule is CC1Oc2c(cccc2C(=O)NCC(C)(C)c2cccc(Cl)c2)NC1=O. The molecule has 2 amide bonds. The average Bonchev–Trinajstić information content (AvgIpc) is 2.60. The molecule has 0 spiro atoms. The minimum absolute atomic E-state index is 0.225. The molecule has 136 valence electrons. The first kappa shape index (κ1) is 18.3. The number of benzene rings is 2. The lowest BCUT2D eigenvalue weighted by molar-refractivity contribution is -0.122. The van der Waals surface area contributed by atoms with Crippen molar-refractivity contribution in [3.63, 3.8) is 0 Å². The van der Waals surface area contributed by atoms with Crippen LogP contribution >= 0.6 is 11.6 Å². The van der Waals surface area contributed by atoms with Crippen molar-refractivity contribution in [2.24, 2.45) is 0 Å². The van der Waals surface area contributed by atoms with Crippen LogP contribution in [-0.4, -0.2) is 24.5 Å². The number of ether oxygens (including phenoxy) is 1. The minimum atomic E-state index is -0.639. The second-order valence-electron chi connectivity index (χ2n) is 7.01. The molecule has 1 aliphatic rings. The predicted molar refractivity (Wildman–Crippen MR) is 102 cm³/mol. The van der Waals surface area contributed by atoms with Gasteiger partial charge in [-0.1, -0.05) is 43.6 Å². The number of fused-ring (bicyclic) bond motifs is 1. The molecule has 0 saturated heterocycles. The van der Waals surface area contributed by atoms with Crippen molar-refractivity contribution >= 4 is 29.1 Å². The number of anilines is 1. The topological polar surface area (TPSA) is 67.4 Å². The molecule has 0 bridgehead atoms. The molecule has 0 radical (unpaired) electrons. The molecular formula is C20H21ClN2O3. The molecule has 0 aromatic heterocycles. The van der Waals surface area contributed by atoms with Gasteiger partial charge in [0.15, 0.2) is 11.9 Å². The van der Waals surface area contributed by atoms with Crippen molar-refractivity contribution in [3.05, 3.63) is 58.6 Å². The third-order valence-corrected chi connectivity index (χ3v) is 4.71. The van der Waals surface area contributed by atoms with Crippen LogP contribution in [-0.2, 0) is 10.2 Å². The summed E-state index contributed by atoms with van der Waals surface area (Å²) in [6, 6.07) is 12.7. The molecular weight excluding hydrogens is 352 g/mol. The molecule has 1 atom stereocenters. The Labute approximate surface area is 157 Å². The van der Waals surface area contributed by atoms with Crippen LogP contribution in [0.5, 0.6) is 5.75 Å². The molecule has 2 aromatic carbocycles. The Morgan fingerprint density at radius 2 is 2.00 bits per heavy atom. The summed E-state index contributed by atoms with van der Waals surface area (Å²) in [7, 11) is 0. The quantitative estimate of drug-likeness (QED) is 0.858. The summed E-state index contributed by atoms with van der Waals surface area (Å²) < 4.78 is 5.64. The smallest absolute Gasteiger partial charge is 0.265 e. The van der Waals surface area contributed by atoms with E-state index in [1.165, 1.54) is 0 Å². The molecule has 3 rings (SSSR count). The van der Waals surface area contributed by atoms with Crippen LogP contribution < -0.4 is 15.4 Å². The Hall–Kier alpha value is -2.53. The molecule has 0 saturated carbocycles. The van der Waals surface area contributed by atoms with E-state index in [9.17, 15) is 9.59 Å². The number of hydrogen-bond donors (Lipinski definition) is 2. The average molecular weight is 373 g/mol. The zero-order valence-corrected chi connectivity index (χ0v) is 15.7. The number of hydrogen-bond acceptors (Lipinski definition) is 3. The van der Waals surface area contributed by atoms with Crippen molar-refractivity contribution in [2.45, 2.75) is 32.3 Å². The van der Waals surface area contributed by atoms with Crippen LogP contribution in [0.3, 0.4) is 0 Å². The first-order chi connectivity index (χ1) is 12.3.